The molecule has 0 spiro atoms. The van der Waals surface area contributed by atoms with Gasteiger partial charge in [0.05, 0.1) is 5.92 Å². The molecule has 0 radical (unpaired) electrons. The predicted octanol–water partition coefficient (Wildman–Crippen LogP) is 2.55. The highest BCUT2D eigenvalue weighted by Gasteiger charge is 2.41. The average molecular weight is 280 g/mol. The van der Waals surface area contributed by atoms with Gasteiger partial charge in [0.15, 0.2) is 0 Å². The molecule has 1 heterocycles. The highest BCUT2D eigenvalue weighted by molar-refractivity contribution is 5.73. The number of halogens is 3. The summed E-state index contributed by atoms with van der Waals surface area (Å²) in [6.45, 7) is 3.54. The normalized spacial score (nSPS) is 23.3. The molecule has 112 valence electrons. The molecule has 1 unspecified atom stereocenters. The fourth-order valence-electron chi connectivity index (χ4n) is 2.46. The molecule has 1 rings (SSSR count). The molecule has 0 aromatic rings. The van der Waals surface area contributed by atoms with Crippen LogP contribution in [0, 0.1) is 11.8 Å². The van der Waals surface area contributed by atoms with Gasteiger partial charge in [-0.25, -0.2) is 0 Å². The number of carbonyl (C=O) groups is 1. The zero-order valence-electron chi connectivity index (χ0n) is 11.4. The lowest BCUT2D eigenvalue weighted by Gasteiger charge is -2.34. The van der Waals surface area contributed by atoms with Crippen LogP contribution in [0.15, 0.2) is 0 Å². The van der Waals surface area contributed by atoms with Gasteiger partial charge in [0.2, 0.25) is 5.91 Å². The van der Waals surface area contributed by atoms with Crippen molar-refractivity contribution < 1.29 is 18.0 Å². The van der Waals surface area contributed by atoms with E-state index in [4.69, 9.17) is 5.73 Å². The fraction of sp³-hybridized carbons (Fsp3) is 0.923. The van der Waals surface area contributed by atoms with Crippen LogP contribution in [0.1, 0.15) is 39.0 Å². The van der Waals surface area contributed by atoms with E-state index in [2.05, 4.69) is 0 Å². The Morgan fingerprint density at radius 3 is 2.68 bits per heavy atom. The summed E-state index contributed by atoms with van der Waals surface area (Å²) in [6.07, 6.45) is -1.33. The van der Waals surface area contributed by atoms with Crippen LogP contribution in [0.3, 0.4) is 0 Å². The SMILES string of the molecule is C[C@@H](CCC(N)=O)CCN1CCCC(C(F)(F)F)C1. The Bertz CT molecular complexity index is 294. The van der Waals surface area contributed by atoms with Crippen molar-refractivity contribution in [2.45, 2.75) is 45.2 Å². The van der Waals surface area contributed by atoms with Crippen molar-refractivity contribution >= 4 is 5.91 Å². The maximum Gasteiger partial charge on any atom is 0.393 e. The lowest BCUT2D eigenvalue weighted by molar-refractivity contribution is -0.186. The maximum atomic E-state index is 12.6. The van der Waals surface area contributed by atoms with E-state index >= 15 is 0 Å². The molecule has 0 aromatic heterocycles. The number of hydrogen-bond acceptors (Lipinski definition) is 2. The summed E-state index contributed by atoms with van der Waals surface area (Å²) in [7, 11) is 0. The van der Waals surface area contributed by atoms with Gasteiger partial charge in [-0.15, -0.1) is 0 Å². The van der Waals surface area contributed by atoms with E-state index in [-0.39, 0.29) is 18.9 Å². The van der Waals surface area contributed by atoms with Gasteiger partial charge < -0.3 is 10.6 Å². The molecule has 2 N–H and O–H groups in total. The molecule has 1 aliphatic rings. The Morgan fingerprint density at radius 1 is 1.42 bits per heavy atom. The molecule has 0 aliphatic carbocycles. The summed E-state index contributed by atoms with van der Waals surface area (Å²) in [6, 6.07) is 0. The van der Waals surface area contributed by atoms with Crippen LogP contribution in [0.4, 0.5) is 13.2 Å². The van der Waals surface area contributed by atoms with E-state index in [0.717, 1.165) is 13.0 Å². The minimum Gasteiger partial charge on any atom is -0.370 e. The molecular formula is C13H23F3N2O. The van der Waals surface area contributed by atoms with Gasteiger partial charge in [-0.3, -0.25) is 4.79 Å². The van der Waals surface area contributed by atoms with Crippen molar-refractivity contribution in [3.63, 3.8) is 0 Å². The van der Waals surface area contributed by atoms with Gasteiger partial charge in [-0.1, -0.05) is 6.92 Å². The van der Waals surface area contributed by atoms with E-state index in [1.165, 1.54) is 0 Å². The Hall–Kier alpha value is -0.780. The third kappa shape index (κ3) is 6.27. The van der Waals surface area contributed by atoms with Crippen LogP contribution in [0.5, 0.6) is 0 Å². The maximum absolute atomic E-state index is 12.6. The Balaban J connectivity index is 2.27. The Morgan fingerprint density at radius 2 is 2.11 bits per heavy atom. The third-order valence-electron chi connectivity index (χ3n) is 3.79. The first kappa shape index (κ1) is 16.3. The Labute approximate surface area is 112 Å². The van der Waals surface area contributed by atoms with Gasteiger partial charge in [0, 0.05) is 13.0 Å². The minimum absolute atomic E-state index is 0.117. The summed E-state index contributed by atoms with van der Waals surface area (Å²) < 4.78 is 37.9. The molecule has 1 saturated heterocycles. The van der Waals surface area contributed by atoms with E-state index in [1.807, 2.05) is 11.8 Å². The second-order valence-electron chi connectivity index (χ2n) is 5.58. The van der Waals surface area contributed by atoms with Crippen LogP contribution in [0.25, 0.3) is 0 Å². The van der Waals surface area contributed by atoms with E-state index in [9.17, 15) is 18.0 Å². The van der Waals surface area contributed by atoms with Crippen LogP contribution >= 0.6 is 0 Å². The number of piperidine rings is 1. The van der Waals surface area contributed by atoms with Gasteiger partial charge in [0.25, 0.3) is 0 Å². The van der Waals surface area contributed by atoms with E-state index in [1.54, 1.807) is 0 Å². The first-order chi connectivity index (χ1) is 8.79. The fourth-order valence-corrected chi connectivity index (χ4v) is 2.46. The molecule has 0 saturated carbocycles. The van der Waals surface area contributed by atoms with Crippen LogP contribution in [-0.2, 0) is 4.79 Å². The standard InChI is InChI=1S/C13H23F3N2O/c1-10(4-5-12(17)19)6-8-18-7-2-3-11(9-18)13(14,15)16/h10-11H,2-9H2,1H3,(H2,17,19)/t10-,11?/m0/s1. The molecule has 6 heteroatoms. The number of carbonyl (C=O) groups excluding carboxylic acids is 1. The number of rotatable bonds is 6. The Kier molecular flexibility index (Phi) is 6.10. The lowest BCUT2D eigenvalue weighted by Crippen LogP contribution is -2.42. The zero-order valence-corrected chi connectivity index (χ0v) is 11.4. The number of primary amides is 1. The van der Waals surface area contributed by atoms with Crippen molar-refractivity contribution in [3.05, 3.63) is 0 Å². The second-order valence-corrected chi connectivity index (χ2v) is 5.58. The molecular weight excluding hydrogens is 257 g/mol. The van der Waals surface area contributed by atoms with Gasteiger partial charge in [-0.2, -0.15) is 13.2 Å². The molecule has 2 atom stereocenters. The van der Waals surface area contributed by atoms with Crippen molar-refractivity contribution in [3.8, 4) is 0 Å². The highest BCUT2D eigenvalue weighted by atomic mass is 19.4. The highest BCUT2D eigenvalue weighted by Crippen LogP contribution is 2.33. The number of nitrogens with two attached hydrogens (primary N) is 1. The lowest BCUT2D eigenvalue weighted by atomic mass is 9.96. The first-order valence-corrected chi connectivity index (χ1v) is 6.86. The van der Waals surface area contributed by atoms with Gasteiger partial charge >= 0.3 is 6.18 Å². The smallest absolute Gasteiger partial charge is 0.370 e. The average Bonchev–Trinajstić information content (AvgIpc) is 2.33. The quantitative estimate of drug-likeness (QED) is 0.812. The molecule has 1 amide bonds. The zero-order chi connectivity index (χ0) is 14.5. The third-order valence-corrected chi connectivity index (χ3v) is 3.79. The number of alkyl halides is 3. The molecule has 19 heavy (non-hydrogen) atoms. The van der Waals surface area contributed by atoms with Crippen molar-refractivity contribution in [1.29, 1.82) is 0 Å². The molecule has 0 aromatic carbocycles. The summed E-state index contributed by atoms with van der Waals surface area (Å²) in [5, 5.41) is 0. The van der Waals surface area contributed by atoms with Crippen LogP contribution in [-0.4, -0.2) is 36.6 Å². The van der Waals surface area contributed by atoms with Gasteiger partial charge in [0.1, 0.15) is 0 Å². The van der Waals surface area contributed by atoms with Gasteiger partial charge in [-0.05, 0) is 44.7 Å². The molecule has 0 bridgehead atoms. The first-order valence-electron chi connectivity index (χ1n) is 6.86. The predicted molar refractivity (Wildman–Crippen MR) is 67.4 cm³/mol. The number of hydrogen-bond donors (Lipinski definition) is 1. The van der Waals surface area contributed by atoms with Crippen molar-refractivity contribution in [2.75, 3.05) is 19.6 Å². The topological polar surface area (TPSA) is 46.3 Å². The summed E-state index contributed by atoms with van der Waals surface area (Å²) >= 11 is 0. The van der Waals surface area contributed by atoms with E-state index < -0.39 is 12.1 Å². The van der Waals surface area contributed by atoms with Crippen LogP contribution in [0.2, 0.25) is 0 Å². The van der Waals surface area contributed by atoms with Crippen LogP contribution < -0.4 is 5.73 Å². The number of nitrogens with zero attached hydrogens (tertiary/aromatic N) is 1. The molecule has 1 fully saturated rings. The van der Waals surface area contributed by atoms with E-state index in [0.29, 0.717) is 31.7 Å². The van der Waals surface area contributed by atoms with Crippen molar-refractivity contribution in [2.24, 2.45) is 17.6 Å². The molecule has 1 aliphatic heterocycles. The molecule has 3 nitrogen and oxygen atoms in total. The number of likely N-dealkylation sites (tertiary alicyclic amines) is 1. The monoisotopic (exact) mass is 280 g/mol. The largest absolute Gasteiger partial charge is 0.393 e. The van der Waals surface area contributed by atoms with Crippen molar-refractivity contribution in [1.82, 2.24) is 4.90 Å². The minimum atomic E-state index is -4.07. The summed E-state index contributed by atoms with van der Waals surface area (Å²) in [5.41, 5.74) is 5.07. The number of amides is 1. The summed E-state index contributed by atoms with van der Waals surface area (Å²) in [4.78, 5) is 12.5. The second kappa shape index (κ2) is 7.12. The summed E-state index contributed by atoms with van der Waals surface area (Å²) in [5.74, 6) is -1.18.